The van der Waals surface area contributed by atoms with E-state index in [9.17, 15) is 13.2 Å². The van der Waals surface area contributed by atoms with Crippen molar-refractivity contribution < 1.29 is 13.2 Å². The van der Waals surface area contributed by atoms with Gasteiger partial charge >= 0.3 is 0 Å². The summed E-state index contributed by atoms with van der Waals surface area (Å²) in [5.74, 6) is -3.15. The summed E-state index contributed by atoms with van der Waals surface area (Å²) in [5, 5.41) is -0.316. The van der Waals surface area contributed by atoms with Crippen LogP contribution >= 0.6 is 11.6 Å². The smallest absolute Gasteiger partial charge is 0.169 e. The summed E-state index contributed by atoms with van der Waals surface area (Å²) in [6.45, 7) is 1.42. The summed E-state index contributed by atoms with van der Waals surface area (Å²) >= 11 is 5.49. The molecule has 0 aliphatic carbocycles. The molecule has 0 saturated carbocycles. The third-order valence-electron chi connectivity index (χ3n) is 2.26. The lowest BCUT2D eigenvalue weighted by molar-refractivity contribution is 0.506. The summed E-state index contributed by atoms with van der Waals surface area (Å²) in [5.41, 5.74) is 0.140. The first-order valence-corrected chi connectivity index (χ1v) is 4.62. The predicted molar refractivity (Wildman–Crippen MR) is 53.6 cm³/mol. The van der Waals surface area contributed by atoms with Crippen molar-refractivity contribution in [1.29, 1.82) is 0 Å². The summed E-state index contributed by atoms with van der Waals surface area (Å²) in [4.78, 5) is 0. The Morgan fingerprint density at radius 1 is 1.00 bits per heavy atom. The van der Waals surface area contributed by atoms with Gasteiger partial charge in [0.25, 0.3) is 0 Å². The molecule has 0 N–H and O–H groups in total. The molecular formula is C11H6ClF3. The molecular weight excluding hydrogens is 225 g/mol. The molecule has 0 spiro atoms. The Morgan fingerprint density at radius 3 is 2.33 bits per heavy atom. The van der Waals surface area contributed by atoms with Crippen LogP contribution in [0.1, 0.15) is 5.56 Å². The van der Waals surface area contributed by atoms with Crippen LogP contribution in [-0.4, -0.2) is 0 Å². The summed E-state index contributed by atoms with van der Waals surface area (Å²) in [6, 6.07) is 4.15. The molecule has 0 aromatic heterocycles. The number of rotatable bonds is 0. The Morgan fingerprint density at radius 2 is 1.67 bits per heavy atom. The molecule has 0 heterocycles. The van der Waals surface area contributed by atoms with Crippen molar-refractivity contribution >= 4 is 22.4 Å². The van der Waals surface area contributed by atoms with Crippen LogP contribution in [0.5, 0.6) is 0 Å². The maximum Gasteiger partial charge on any atom is 0.169 e. The van der Waals surface area contributed by atoms with Gasteiger partial charge in [-0.25, -0.2) is 13.2 Å². The van der Waals surface area contributed by atoms with E-state index >= 15 is 0 Å². The molecule has 0 fully saturated rings. The average molecular weight is 231 g/mol. The Balaban J connectivity index is 3.00. The molecule has 2 rings (SSSR count). The van der Waals surface area contributed by atoms with Gasteiger partial charge < -0.3 is 0 Å². The van der Waals surface area contributed by atoms with E-state index in [0.717, 1.165) is 0 Å². The number of hydrogen-bond donors (Lipinski definition) is 0. The SMILES string of the molecule is Cc1cc2ccc(Cl)c(F)c2c(F)c1F. The molecule has 4 heteroatoms. The van der Waals surface area contributed by atoms with E-state index in [-0.39, 0.29) is 10.6 Å². The van der Waals surface area contributed by atoms with Crippen molar-refractivity contribution in [2.24, 2.45) is 0 Å². The second kappa shape index (κ2) is 3.42. The number of benzene rings is 2. The van der Waals surface area contributed by atoms with E-state index in [1.807, 2.05) is 0 Å². The zero-order valence-corrected chi connectivity index (χ0v) is 8.50. The van der Waals surface area contributed by atoms with Crippen LogP contribution < -0.4 is 0 Å². The zero-order valence-electron chi connectivity index (χ0n) is 7.74. The van der Waals surface area contributed by atoms with Crippen molar-refractivity contribution in [2.45, 2.75) is 6.92 Å². The zero-order chi connectivity index (χ0) is 11.2. The van der Waals surface area contributed by atoms with Gasteiger partial charge in [-0.2, -0.15) is 0 Å². The van der Waals surface area contributed by atoms with Gasteiger partial charge in [-0.3, -0.25) is 0 Å². The second-order valence-corrected chi connectivity index (χ2v) is 3.69. The minimum absolute atomic E-state index is 0.140. The van der Waals surface area contributed by atoms with Gasteiger partial charge in [0.1, 0.15) is 0 Å². The average Bonchev–Trinajstić information content (AvgIpc) is 2.20. The van der Waals surface area contributed by atoms with Crippen molar-refractivity contribution in [3.05, 3.63) is 46.2 Å². The van der Waals surface area contributed by atoms with Crippen LogP contribution in [0.3, 0.4) is 0 Å². The Hall–Kier alpha value is -1.22. The number of aryl methyl sites for hydroxylation is 1. The Labute approximate surface area is 89.3 Å². The fourth-order valence-electron chi connectivity index (χ4n) is 1.49. The van der Waals surface area contributed by atoms with E-state index in [4.69, 9.17) is 11.6 Å². The van der Waals surface area contributed by atoms with E-state index < -0.39 is 22.8 Å². The lowest BCUT2D eigenvalue weighted by Crippen LogP contribution is -1.94. The van der Waals surface area contributed by atoms with Crippen molar-refractivity contribution in [3.63, 3.8) is 0 Å². The quantitative estimate of drug-likeness (QED) is 0.636. The lowest BCUT2D eigenvalue weighted by Gasteiger charge is -2.05. The number of hydrogen-bond acceptors (Lipinski definition) is 0. The van der Waals surface area contributed by atoms with E-state index in [0.29, 0.717) is 5.39 Å². The highest BCUT2D eigenvalue weighted by molar-refractivity contribution is 6.31. The Bertz CT molecular complexity index is 549. The van der Waals surface area contributed by atoms with E-state index in [1.54, 1.807) is 0 Å². The third kappa shape index (κ3) is 1.47. The maximum absolute atomic E-state index is 13.4. The van der Waals surface area contributed by atoms with Gasteiger partial charge in [0, 0.05) is 0 Å². The fourth-order valence-corrected chi connectivity index (χ4v) is 1.65. The molecule has 15 heavy (non-hydrogen) atoms. The molecule has 2 aromatic rings. The predicted octanol–water partition coefficient (Wildman–Crippen LogP) is 4.22. The second-order valence-electron chi connectivity index (χ2n) is 3.28. The molecule has 0 radical (unpaired) electrons. The number of halogens is 4. The molecule has 78 valence electrons. The monoisotopic (exact) mass is 230 g/mol. The number of fused-ring (bicyclic) bond motifs is 1. The van der Waals surface area contributed by atoms with Gasteiger partial charge in [0.2, 0.25) is 0 Å². The first-order valence-electron chi connectivity index (χ1n) is 4.24. The highest BCUT2D eigenvalue weighted by Crippen LogP contribution is 2.29. The van der Waals surface area contributed by atoms with E-state index in [1.165, 1.54) is 25.1 Å². The molecule has 2 aromatic carbocycles. The molecule has 0 aliphatic rings. The van der Waals surface area contributed by atoms with Crippen LogP contribution in [0.15, 0.2) is 18.2 Å². The molecule has 0 bridgehead atoms. The van der Waals surface area contributed by atoms with Crippen LogP contribution in [0.4, 0.5) is 13.2 Å². The van der Waals surface area contributed by atoms with Gasteiger partial charge in [-0.05, 0) is 30.0 Å². The van der Waals surface area contributed by atoms with Gasteiger partial charge in [0.15, 0.2) is 17.5 Å². The van der Waals surface area contributed by atoms with Crippen molar-refractivity contribution in [3.8, 4) is 0 Å². The highest BCUT2D eigenvalue weighted by Gasteiger charge is 2.16. The third-order valence-corrected chi connectivity index (χ3v) is 2.55. The minimum Gasteiger partial charge on any atom is -0.205 e. The molecule has 0 aliphatic heterocycles. The summed E-state index contributed by atoms with van der Waals surface area (Å²) in [7, 11) is 0. The minimum atomic E-state index is -1.19. The first kappa shape index (κ1) is 10.3. The van der Waals surface area contributed by atoms with Gasteiger partial charge in [-0.1, -0.05) is 17.7 Å². The summed E-state index contributed by atoms with van der Waals surface area (Å²) in [6.07, 6.45) is 0. The molecule has 0 amide bonds. The standard InChI is InChI=1S/C11H6ClF3/c1-5-4-6-2-3-7(12)10(14)8(6)11(15)9(5)13/h2-4H,1H3. The van der Waals surface area contributed by atoms with Crippen LogP contribution in [0, 0.1) is 24.4 Å². The topological polar surface area (TPSA) is 0 Å². The molecule has 0 unspecified atom stereocenters. The first-order chi connectivity index (χ1) is 7.02. The van der Waals surface area contributed by atoms with Crippen molar-refractivity contribution in [1.82, 2.24) is 0 Å². The van der Waals surface area contributed by atoms with E-state index in [2.05, 4.69) is 0 Å². The normalized spacial score (nSPS) is 11.0. The van der Waals surface area contributed by atoms with Crippen LogP contribution in [-0.2, 0) is 0 Å². The maximum atomic E-state index is 13.4. The van der Waals surface area contributed by atoms with Crippen LogP contribution in [0.2, 0.25) is 5.02 Å². The Kier molecular flexibility index (Phi) is 2.35. The van der Waals surface area contributed by atoms with Gasteiger partial charge in [-0.15, -0.1) is 0 Å². The van der Waals surface area contributed by atoms with Gasteiger partial charge in [0.05, 0.1) is 10.4 Å². The van der Waals surface area contributed by atoms with Crippen molar-refractivity contribution in [2.75, 3.05) is 0 Å². The lowest BCUT2D eigenvalue weighted by atomic mass is 10.1. The summed E-state index contributed by atoms with van der Waals surface area (Å²) < 4.78 is 40.0. The molecule has 0 nitrogen and oxygen atoms in total. The van der Waals surface area contributed by atoms with Crippen LogP contribution in [0.25, 0.3) is 10.8 Å². The molecule has 0 atom stereocenters. The molecule has 0 saturated heterocycles. The largest absolute Gasteiger partial charge is 0.205 e. The fraction of sp³-hybridized carbons (Fsp3) is 0.0909. The highest BCUT2D eigenvalue weighted by atomic mass is 35.5.